The average Bonchev–Trinajstić information content (AvgIpc) is 3.05. The molecule has 1 aromatic carbocycles. The molecule has 1 amide bonds. The van der Waals surface area contributed by atoms with Crippen LogP contribution >= 0.6 is 0 Å². The van der Waals surface area contributed by atoms with Gasteiger partial charge < -0.3 is 15.6 Å². The summed E-state index contributed by atoms with van der Waals surface area (Å²) in [4.78, 5) is 23.8. The van der Waals surface area contributed by atoms with Gasteiger partial charge in [0.05, 0.1) is 0 Å². The Hall–Kier alpha value is -2.89. The maximum Gasteiger partial charge on any atom is 0.270 e. The van der Waals surface area contributed by atoms with Gasteiger partial charge >= 0.3 is 0 Å². The van der Waals surface area contributed by atoms with E-state index in [2.05, 4.69) is 44.6 Å². The van der Waals surface area contributed by atoms with Crippen molar-refractivity contribution >= 4 is 22.8 Å². The molecule has 3 rings (SSSR count). The number of para-hydroxylation sites is 1. The second-order valence-electron chi connectivity index (χ2n) is 5.91. The van der Waals surface area contributed by atoms with Crippen LogP contribution in [0.2, 0.25) is 0 Å². The summed E-state index contributed by atoms with van der Waals surface area (Å²) in [5.74, 6) is 0.318. The van der Waals surface area contributed by atoms with Crippen LogP contribution in [-0.2, 0) is 6.42 Å². The SMILES string of the molecule is CCCCNC(=O)c1ccnc(NCCc2c[nH]c3ccccc23)n1. The zero-order valence-corrected chi connectivity index (χ0v) is 14.4. The number of nitrogens with zero attached hydrogens (tertiary/aromatic N) is 2. The highest BCUT2D eigenvalue weighted by atomic mass is 16.1. The number of H-pyrrole nitrogens is 1. The van der Waals surface area contributed by atoms with Crippen molar-refractivity contribution in [1.82, 2.24) is 20.3 Å². The summed E-state index contributed by atoms with van der Waals surface area (Å²) in [6.07, 6.45) is 6.50. The molecule has 0 aliphatic heterocycles. The first-order valence-electron chi connectivity index (χ1n) is 8.68. The van der Waals surface area contributed by atoms with Crippen LogP contribution in [0.3, 0.4) is 0 Å². The summed E-state index contributed by atoms with van der Waals surface area (Å²) in [5.41, 5.74) is 2.77. The number of carbonyl (C=O) groups is 1. The first-order valence-corrected chi connectivity index (χ1v) is 8.68. The van der Waals surface area contributed by atoms with Crippen molar-refractivity contribution in [2.75, 3.05) is 18.4 Å². The summed E-state index contributed by atoms with van der Waals surface area (Å²) in [5, 5.41) is 7.29. The van der Waals surface area contributed by atoms with Gasteiger partial charge in [-0.25, -0.2) is 9.97 Å². The second kappa shape index (κ2) is 8.28. The third kappa shape index (κ3) is 4.35. The number of unbranched alkanes of at least 4 members (excludes halogenated alkanes) is 1. The van der Waals surface area contributed by atoms with Gasteiger partial charge in [-0.3, -0.25) is 4.79 Å². The smallest absolute Gasteiger partial charge is 0.270 e. The zero-order chi connectivity index (χ0) is 17.5. The van der Waals surface area contributed by atoms with Gasteiger partial charge in [-0.05, 0) is 30.5 Å². The molecule has 0 spiro atoms. The molecule has 0 saturated heterocycles. The van der Waals surface area contributed by atoms with Crippen molar-refractivity contribution in [2.45, 2.75) is 26.2 Å². The number of aromatic amines is 1. The molecule has 6 nitrogen and oxygen atoms in total. The topological polar surface area (TPSA) is 82.7 Å². The summed E-state index contributed by atoms with van der Waals surface area (Å²) in [6.45, 7) is 3.46. The molecule has 0 bridgehead atoms. The maximum atomic E-state index is 12.0. The minimum atomic E-state index is -0.157. The molecular weight excluding hydrogens is 314 g/mol. The molecule has 25 heavy (non-hydrogen) atoms. The van der Waals surface area contributed by atoms with Gasteiger partial charge in [0.2, 0.25) is 5.95 Å². The lowest BCUT2D eigenvalue weighted by Gasteiger charge is -2.07. The third-order valence-corrected chi connectivity index (χ3v) is 4.06. The standard InChI is InChI=1S/C19H23N5O/c1-2-3-10-20-18(25)17-9-12-22-19(24-17)21-11-8-14-13-23-16-7-5-4-6-15(14)16/h4-7,9,12-13,23H,2-3,8,10-11H2,1H3,(H,20,25)(H,21,22,24). The Morgan fingerprint density at radius 3 is 2.96 bits per heavy atom. The van der Waals surface area contributed by atoms with Gasteiger partial charge in [0.25, 0.3) is 5.91 Å². The quantitative estimate of drug-likeness (QED) is 0.552. The molecule has 2 aromatic heterocycles. The van der Waals surface area contributed by atoms with E-state index < -0.39 is 0 Å². The number of amides is 1. The molecule has 0 unspecified atom stereocenters. The van der Waals surface area contributed by atoms with Crippen LogP contribution in [0.5, 0.6) is 0 Å². The van der Waals surface area contributed by atoms with Gasteiger partial charge in [0, 0.05) is 36.4 Å². The Balaban J connectivity index is 1.56. The van der Waals surface area contributed by atoms with E-state index in [1.807, 2.05) is 18.3 Å². The minimum Gasteiger partial charge on any atom is -0.361 e. The Morgan fingerprint density at radius 1 is 1.20 bits per heavy atom. The number of fused-ring (bicyclic) bond motifs is 1. The monoisotopic (exact) mass is 337 g/mol. The van der Waals surface area contributed by atoms with Crippen LogP contribution < -0.4 is 10.6 Å². The predicted molar refractivity (Wildman–Crippen MR) is 99.8 cm³/mol. The van der Waals surface area contributed by atoms with Gasteiger partial charge in [-0.2, -0.15) is 0 Å². The lowest BCUT2D eigenvalue weighted by atomic mass is 10.1. The van der Waals surface area contributed by atoms with Crippen LogP contribution in [-0.4, -0.2) is 33.9 Å². The highest BCUT2D eigenvalue weighted by Gasteiger charge is 2.08. The normalized spacial score (nSPS) is 10.8. The fourth-order valence-corrected chi connectivity index (χ4v) is 2.69. The maximum absolute atomic E-state index is 12.0. The Morgan fingerprint density at radius 2 is 2.08 bits per heavy atom. The molecule has 0 radical (unpaired) electrons. The molecule has 0 saturated carbocycles. The number of rotatable bonds is 8. The van der Waals surface area contributed by atoms with Crippen molar-refractivity contribution in [3.63, 3.8) is 0 Å². The summed E-state index contributed by atoms with van der Waals surface area (Å²) in [6, 6.07) is 9.86. The molecule has 3 aromatic rings. The molecule has 0 atom stereocenters. The van der Waals surface area contributed by atoms with E-state index in [0.717, 1.165) is 24.8 Å². The zero-order valence-electron chi connectivity index (χ0n) is 14.4. The molecule has 0 aliphatic rings. The van der Waals surface area contributed by atoms with Crippen LogP contribution in [0.25, 0.3) is 10.9 Å². The van der Waals surface area contributed by atoms with Gasteiger partial charge in [0.1, 0.15) is 5.69 Å². The number of hydrogen-bond acceptors (Lipinski definition) is 4. The number of anilines is 1. The van der Waals surface area contributed by atoms with E-state index in [-0.39, 0.29) is 5.91 Å². The van der Waals surface area contributed by atoms with Crippen molar-refractivity contribution in [3.05, 3.63) is 54.0 Å². The third-order valence-electron chi connectivity index (χ3n) is 4.06. The van der Waals surface area contributed by atoms with E-state index in [1.54, 1.807) is 12.3 Å². The highest BCUT2D eigenvalue weighted by molar-refractivity contribution is 5.92. The lowest BCUT2D eigenvalue weighted by Crippen LogP contribution is -2.25. The van der Waals surface area contributed by atoms with Crippen molar-refractivity contribution < 1.29 is 4.79 Å². The van der Waals surface area contributed by atoms with Crippen molar-refractivity contribution in [1.29, 1.82) is 0 Å². The fraction of sp³-hybridized carbons (Fsp3) is 0.316. The second-order valence-corrected chi connectivity index (χ2v) is 5.91. The van der Waals surface area contributed by atoms with E-state index in [4.69, 9.17) is 0 Å². The van der Waals surface area contributed by atoms with Crippen molar-refractivity contribution in [2.24, 2.45) is 0 Å². The number of hydrogen-bond donors (Lipinski definition) is 3. The van der Waals surface area contributed by atoms with Gasteiger partial charge in [-0.1, -0.05) is 31.5 Å². The van der Waals surface area contributed by atoms with E-state index in [9.17, 15) is 4.79 Å². The number of nitrogens with one attached hydrogen (secondary N) is 3. The summed E-state index contributed by atoms with van der Waals surface area (Å²) in [7, 11) is 0. The summed E-state index contributed by atoms with van der Waals surface area (Å²) >= 11 is 0. The molecule has 2 heterocycles. The Bertz CT molecular complexity index is 842. The van der Waals surface area contributed by atoms with Crippen LogP contribution in [0.4, 0.5) is 5.95 Å². The first-order chi connectivity index (χ1) is 12.3. The molecule has 3 N–H and O–H groups in total. The Kier molecular flexibility index (Phi) is 5.61. The fourth-order valence-electron chi connectivity index (χ4n) is 2.69. The molecule has 0 aliphatic carbocycles. The summed E-state index contributed by atoms with van der Waals surface area (Å²) < 4.78 is 0. The van der Waals surface area contributed by atoms with Crippen molar-refractivity contribution in [3.8, 4) is 0 Å². The highest BCUT2D eigenvalue weighted by Crippen LogP contribution is 2.18. The van der Waals surface area contributed by atoms with Crippen LogP contribution in [0, 0.1) is 0 Å². The molecule has 0 fully saturated rings. The number of aromatic nitrogens is 3. The average molecular weight is 337 g/mol. The van der Waals surface area contributed by atoms with E-state index in [1.165, 1.54) is 10.9 Å². The van der Waals surface area contributed by atoms with Crippen LogP contribution in [0.15, 0.2) is 42.7 Å². The first kappa shape index (κ1) is 17.0. The molecule has 130 valence electrons. The number of carbonyl (C=O) groups excluding carboxylic acids is 1. The molecule has 6 heteroatoms. The van der Waals surface area contributed by atoms with E-state index >= 15 is 0 Å². The predicted octanol–water partition coefficient (Wildman–Crippen LogP) is 3.14. The lowest BCUT2D eigenvalue weighted by molar-refractivity contribution is 0.0948. The van der Waals surface area contributed by atoms with Gasteiger partial charge in [0.15, 0.2) is 0 Å². The van der Waals surface area contributed by atoms with Crippen LogP contribution in [0.1, 0.15) is 35.8 Å². The minimum absolute atomic E-state index is 0.157. The van der Waals surface area contributed by atoms with E-state index in [0.29, 0.717) is 24.7 Å². The Labute approximate surface area is 147 Å². The molecular formula is C19H23N5O. The number of benzene rings is 1. The largest absolute Gasteiger partial charge is 0.361 e. The van der Waals surface area contributed by atoms with Gasteiger partial charge in [-0.15, -0.1) is 0 Å².